The summed E-state index contributed by atoms with van der Waals surface area (Å²) in [6, 6.07) is 8.12. The van der Waals surface area contributed by atoms with Crippen molar-refractivity contribution in [2.24, 2.45) is 5.92 Å². The minimum atomic E-state index is 0.236. The molecule has 1 atom stereocenters. The van der Waals surface area contributed by atoms with Gasteiger partial charge in [-0.2, -0.15) is 5.10 Å². The molecule has 0 radical (unpaired) electrons. The lowest BCUT2D eigenvalue weighted by Crippen LogP contribution is -2.41. The highest BCUT2D eigenvalue weighted by Crippen LogP contribution is 2.20. The summed E-state index contributed by atoms with van der Waals surface area (Å²) in [5, 5.41) is 4.06. The summed E-state index contributed by atoms with van der Waals surface area (Å²) in [7, 11) is 0. The van der Waals surface area contributed by atoms with E-state index in [1.165, 1.54) is 11.9 Å². The highest BCUT2D eigenvalue weighted by molar-refractivity contribution is 5.76. The smallest absolute Gasteiger partial charge is 0.222 e. The third-order valence-electron chi connectivity index (χ3n) is 4.62. The van der Waals surface area contributed by atoms with Crippen LogP contribution in [0.15, 0.2) is 36.9 Å². The maximum atomic E-state index is 12.4. The summed E-state index contributed by atoms with van der Waals surface area (Å²) in [6.45, 7) is 5.14. The summed E-state index contributed by atoms with van der Waals surface area (Å²) in [5.41, 5.74) is 1.23. The molecule has 2 aromatic rings. The molecule has 1 fully saturated rings. The maximum Gasteiger partial charge on any atom is 0.222 e. The largest absolute Gasteiger partial charge is 0.493 e. The van der Waals surface area contributed by atoms with Gasteiger partial charge >= 0.3 is 0 Å². The first-order valence-corrected chi connectivity index (χ1v) is 9.00. The van der Waals surface area contributed by atoms with Gasteiger partial charge in [0, 0.05) is 32.0 Å². The van der Waals surface area contributed by atoms with Crippen molar-refractivity contribution >= 4 is 5.91 Å². The van der Waals surface area contributed by atoms with Crippen LogP contribution in [-0.2, 0) is 11.3 Å². The number of hydrogen-bond acceptors (Lipinski definition) is 4. The Hall–Kier alpha value is -2.37. The monoisotopic (exact) mass is 342 g/mol. The van der Waals surface area contributed by atoms with E-state index in [2.05, 4.69) is 29.1 Å². The summed E-state index contributed by atoms with van der Waals surface area (Å²) < 4.78 is 7.67. The molecule has 0 bridgehead atoms. The number of carbonyl (C=O) groups excluding carboxylic acids is 1. The van der Waals surface area contributed by atoms with Crippen molar-refractivity contribution in [3.63, 3.8) is 0 Å². The minimum absolute atomic E-state index is 0.236. The molecule has 1 aliphatic rings. The number of ether oxygens (including phenoxy) is 1. The fraction of sp³-hybridized carbons (Fsp3) is 0.526. The molecular formula is C19H26N4O2. The van der Waals surface area contributed by atoms with E-state index in [0.29, 0.717) is 18.9 Å². The highest BCUT2D eigenvalue weighted by atomic mass is 16.5. The van der Waals surface area contributed by atoms with Crippen LogP contribution in [0.1, 0.15) is 31.2 Å². The zero-order valence-corrected chi connectivity index (χ0v) is 14.8. The van der Waals surface area contributed by atoms with E-state index in [-0.39, 0.29) is 5.91 Å². The highest BCUT2D eigenvalue weighted by Gasteiger charge is 2.23. The van der Waals surface area contributed by atoms with Crippen molar-refractivity contribution in [1.82, 2.24) is 19.7 Å². The molecule has 1 amide bonds. The topological polar surface area (TPSA) is 60.2 Å². The Morgan fingerprint density at radius 1 is 1.32 bits per heavy atom. The lowest BCUT2D eigenvalue weighted by molar-refractivity contribution is -0.133. The zero-order chi connectivity index (χ0) is 17.5. The number of aryl methyl sites for hydroxylation is 2. The van der Waals surface area contributed by atoms with Gasteiger partial charge in [-0.15, -0.1) is 0 Å². The number of amides is 1. The Morgan fingerprint density at radius 3 is 2.92 bits per heavy atom. The molecule has 134 valence electrons. The lowest BCUT2D eigenvalue weighted by Gasteiger charge is -2.32. The van der Waals surface area contributed by atoms with Gasteiger partial charge in [-0.25, -0.2) is 4.98 Å². The second-order valence-electron chi connectivity index (χ2n) is 6.73. The van der Waals surface area contributed by atoms with Gasteiger partial charge in [0.25, 0.3) is 0 Å². The predicted molar refractivity (Wildman–Crippen MR) is 95.2 cm³/mol. The average Bonchev–Trinajstić information content (AvgIpc) is 3.15. The first kappa shape index (κ1) is 17.5. The van der Waals surface area contributed by atoms with Gasteiger partial charge in [0.1, 0.15) is 18.4 Å². The van der Waals surface area contributed by atoms with Gasteiger partial charge in [-0.1, -0.05) is 17.7 Å². The summed E-state index contributed by atoms with van der Waals surface area (Å²) in [5.74, 6) is 1.55. The summed E-state index contributed by atoms with van der Waals surface area (Å²) in [4.78, 5) is 18.3. The third-order valence-corrected chi connectivity index (χ3v) is 4.62. The Morgan fingerprint density at radius 2 is 2.16 bits per heavy atom. The number of rotatable bonds is 7. The van der Waals surface area contributed by atoms with Crippen LogP contribution in [0.5, 0.6) is 5.75 Å². The predicted octanol–water partition coefficient (Wildman–Crippen LogP) is 2.68. The van der Waals surface area contributed by atoms with E-state index in [1.54, 1.807) is 11.0 Å². The van der Waals surface area contributed by atoms with Crippen LogP contribution in [0.2, 0.25) is 0 Å². The second kappa shape index (κ2) is 8.65. The molecule has 6 nitrogen and oxygen atoms in total. The molecule has 0 saturated carbocycles. The van der Waals surface area contributed by atoms with E-state index < -0.39 is 0 Å². The number of piperidine rings is 1. The Kier molecular flexibility index (Phi) is 6.04. The molecule has 3 rings (SSSR count). The number of nitrogens with zero attached hydrogens (tertiary/aromatic N) is 4. The fourth-order valence-electron chi connectivity index (χ4n) is 3.17. The number of carbonyl (C=O) groups is 1. The third kappa shape index (κ3) is 5.31. The van der Waals surface area contributed by atoms with Crippen molar-refractivity contribution in [1.29, 1.82) is 0 Å². The molecule has 6 heteroatoms. The van der Waals surface area contributed by atoms with Crippen molar-refractivity contribution in [2.75, 3.05) is 19.7 Å². The Bertz CT molecular complexity index is 655. The van der Waals surface area contributed by atoms with Gasteiger partial charge in [-0.3, -0.25) is 9.48 Å². The van der Waals surface area contributed by atoms with Gasteiger partial charge in [-0.05, 0) is 38.3 Å². The molecule has 1 aromatic heterocycles. The number of hydrogen-bond donors (Lipinski definition) is 0. The Labute approximate surface area is 148 Å². The van der Waals surface area contributed by atoms with Gasteiger partial charge < -0.3 is 9.64 Å². The molecule has 2 heterocycles. The molecule has 1 aliphatic heterocycles. The van der Waals surface area contributed by atoms with E-state index in [9.17, 15) is 4.79 Å². The molecule has 0 unspecified atom stereocenters. The van der Waals surface area contributed by atoms with Crippen LogP contribution in [0.25, 0.3) is 0 Å². The van der Waals surface area contributed by atoms with E-state index in [0.717, 1.165) is 44.6 Å². The summed E-state index contributed by atoms with van der Waals surface area (Å²) in [6.07, 6.45) is 6.73. The second-order valence-corrected chi connectivity index (χ2v) is 6.73. The fourth-order valence-corrected chi connectivity index (χ4v) is 3.17. The van der Waals surface area contributed by atoms with Crippen LogP contribution >= 0.6 is 0 Å². The van der Waals surface area contributed by atoms with Crippen LogP contribution < -0.4 is 4.74 Å². The van der Waals surface area contributed by atoms with Crippen LogP contribution in [0.4, 0.5) is 0 Å². The van der Waals surface area contributed by atoms with Gasteiger partial charge in [0.2, 0.25) is 5.91 Å². The minimum Gasteiger partial charge on any atom is -0.493 e. The van der Waals surface area contributed by atoms with Crippen molar-refractivity contribution in [2.45, 2.75) is 39.2 Å². The molecular weight excluding hydrogens is 316 g/mol. The van der Waals surface area contributed by atoms with E-state index in [4.69, 9.17) is 4.74 Å². The SMILES string of the molecule is Cc1ccc(OC[C@H]2CCCN(C(=O)CCCn3cncn3)C2)cc1. The first-order valence-electron chi connectivity index (χ1n) is 9.00. The van der Waals surface area contributed by atoms with Gasteiger partial charge in [0.15, 0.2) is 0 Å². The number of aromatic nitrogens is 3. The lowest BCUT2D eigenvalue weighted by atomic mass is 9.98. The van der Waals surface area contributed by atoms with Crippen LogP contribution in [-0.4, -0.2) is 45.3 Å². The first-order chi connectivity index (χ1) is 12.2. The number of benzene rings is 1. The maximum absolute atomic E-state index is 12.4. The molecule has 0 spiro atoms. The molecule has 0 N–H and O–H groups in total. The van der Waals surface area contributed by atoms with E-state index >= 15 is 0 Å². The van der Waals surface area contributed by atoms with Crippen molar-refractivity contribution in [3.8, 4) is 5.75 Å². The van der Waals surface area contributed by atoms with E-state index in [1.807, 2.05) is 17.0 Å². The van der Waals surface area contributed by atoms with Crippen molar-refractivity contribution in [3.05, 3.63) is 42.5 Å². The standard InChI is InChI=1S/C19H26N4O2/c1-16-6-8-18(9-7-16)25-13-17-4-2-10-22(12-17)19(24)5-3-11-23-15-20-14-21-23/h6-9,14-15,17H,2-5,10-13H2,1H3/t17-/m0/s1. The van der Waals surface area contributed by atoms with Gasteiger partial charge in [0.05, 0.1) is 6.61 Å². The quantitative estimate of drug-likeness (QED) is 0.776. The van der Waals surface area contributed by atoms with Crippen LogP contribution in [0.3, 0.4) is 0 Å². The summed E-state index contributed by atoms with van der Waals surface area (Å²) >= 11 is 0. The van der Waals surface area contributed by atoms with Crippen LogP contribution in [0, 0.1) is 12.8 Å². The number of likely N-dealkylation sites (tertiary alicyclic amines) is 1. The van der Waals surface area contributed by atoms with Crippen molar-refractivity contribution < 1.29 is 9.53 Å². The Balaban J connectivity index is 1.40. The molecule has 1 aromatic carbocycles. The zero-order valence-electron chi connectivity index (χ0n) is 14.8. The average molecular weight is 342 g/mol. The molecule has 25 heavy (non-hydrogen) atoms. The molecule has 0 aliphatic carbocycles. The molecule has 1 saturated heterocycles. The normalized spacial score (nSPS) is 17.5.